The van der Waals surface area contributed by atoms with Gasteiger partial charge in [0.25, 0.3) is 0 Å². The number of halogens is 2. The number of nitrogens with zero attached hydrogens (tertiary/aromatic N) is 2. The first kappa shape index (κ1) is 13.3. The minimum absolute atomic E-state index is 0.000353. The summed E-state index contributed by atoms with van der Waals surface area (Å²) in [6.07, 6.45) is 2.77. The maximum Gasteiger partial charge on any atom is 0.331 e. The van der Waals surface area contributed by atoms with E-state index < -0.39 is 5.97 Å². The molecule has 0 aliphatic carbocycles. The van der Waals surface area contributed by atoms with Crippen LogP contribution in [0, 0.1) is 0 Å². The van der Waals surface area contributed by atoms with Crippen LogP contribution in [-0.2, 0) is 16.1 Å². The summed E-state index contributed by atoms with van der Waals surface area (Å²) in [4.78, 5) is 11.4. The fraction of sp³-hybridized carbons (Fsp3) is 0.100. The largest absolute Gasteiger partial charge is 0.456 e. The molecule has 94 valence electrons. The van der Waals surface area contributed by atoms with Crippen LogP contribution < -0.4 is 0 Å². The number of carbonyl (C=O) groups is 1. The van der Waals surface area contributed by atoms with E-state index in [-0.39, 0.29) is 6.61 Å². The van der Waals surface area contributed by atoms with Crippen LogP contribution in [-0.4, -0.2) is 15.6 Å². The maximum atomic E-state index is 11.4. The van der Waals surface area contributed by atoms with Crippen molar-refractivity contribution in [2.45, 2.75) is 6.61 Å². The Balaban J connectivity index is 1.86. The summed E-state index contributed by atoms with van der Waals surface area (Å²) >= 11 is 9.97. The first-order valence-corrected chi connectivity index (χ1v) is 6.66. The Morgan fingerprint density at radius 3 is 3.06 bits per heavy atom. The molecule has 2 heterocycles. The van der Waals surface area contributed by atoms with E-state index in [1.165, 1.54) is 12.2 Å². The van der Waals surface area contributed by atoms with Crippen LogP contribution >= 0.6 is 39.1 Å². The second kappa shape index (κ2) is 6.12. The van der Waals surface area contributed by atoms with E-state index in [1.54, 1.807) is 12.1 Å². The van der Waals surface area contributed by atoms with Gasteiger partial charge in [0, 0.05) is 17.6 Å². The average Bonchev–Trinajstić information content (AvgIpc) is 2.93. The maximum absolute atomic E-state index is 11.4. The molecule has 18 heavy (non-hydrogen) atoms. The molecular weight excluding hydrogens is 344 g/mol. The molecule has 0 amide bonds. The number of rotatable bonds is 4. The van der Waals surface area contributed by atoms with Gasteiger partial charge in [-0.3, -0.25) is 0 Å². The molecule has 0 saturated heterocycles. The molecule has 0 spiro atoms. The van der Waals surface area contributed by atoms with Crippen molar-refractivity contribution in [1.82, 2.24) is 9.59 Å². The highest BCUT2D eigenvalue weighted by molar-refractivity contribution is 9.10. The number of hydrogen-bond acceptors (Lipinski definition) is 6. The van der Waals surface area contributed by atoms with Crippen LogP contribution in [0.1, 0.15) is 11.5 Å². The molecule has 2 rings (SSSR count). The smallest absolute Gasteiger partial charge is 0.331 e. The predicted molar refractivity (Wildman–Crippen MR) is 70.2 cm³/mol. The molecule has 0 radical (unpaired) electrons. The molecule has 0 aliphatic rings. The topological polar surface area (TPSA) is 65.2 Å². The van der Waals surface area contributed by atoms with Gasteiger partial charge in [-0.25, -0.2) is 4.79 Å². The molecule has 0 unspecified atom stereocenters. The van der Waals surface area contributed by atoms with Gasteiger partial charge < -0.3 is 9.15 Å². The molecule has 0 fully saturated rings. The van der Waals surface area contributed by atoms with E-state index in [4.69, 9.17) is 20.8 Å². The lowest BCUT2D eigenvalue weighted by molar-refractivity contribution is -0.139. The molecular formula is C10H6BrClN2O3S. The summed E-state index contributed by atoms with van der Waals surface area (Å²) in [5.41, 5.74) is 0.448. The van der Waals surface area contributed by atoms with Gasteiger partial charge in [0.15, 0.2) is 4.67 Å². The minimum Gasteiger partial charge on any atom is -0.456 e. The van der Waals surface area contributed by atoms with Crippen molar-refractivity contribution in [2.24, 2.45) is 0 Å². The zero-order chi connectivity index (χ0) is 13.0. The zero-order valence-corrected chi connectivity index (χ0v) is 12.0. The first-order chi connectivity index (χ1) is 8.65. The highest BCUT2D eigenvalue weighted by Crippen LogP contribution is 2.18. The van der Waals surface area contributed by atoms with Gasteiger partial charge in [0.2, 0.25) is 0 Å². The SMILES string of the molecule is O=C(/C=C/c1ccc(Br)o1)OCc1nnsc1Cl. The van der Waals surface area contributed by atoms with Gasteiger partial charge in [0.1, 0.15) is 22.4 Å². The Labute approximate surface area is 120 Å². The standard InChI is InChI=1S/C10H6BrClN2O3S/c11-8-3-1-6(17-8)2-4-9(15)16-5-7-10(12)18-14-13-7/h1-4H,5H2/b4-2+. The van der Waals surface area contributed by atoms with Crippen LogP contribution in [0.2, 0.25) is 4.34 Å². The van der Waals surface area contributed by atoms with Crippen molar-refractivity contribution in [2.75, 3.05) is 0 Å². The molecule has 0 bridgehead atoms. The summed E-state index contributed by atoms with van der Waals surface area (Å²) in [5, 5.41) is 3.72. The van der Waals surface area contributed by atoms with Crippen molar-refractivity contribution >= 4 is 51.1 Å². The Kier molecular flexibility index (Phi) is 4.51. The number of aromatic nitrogens is 2. The molecule has 8 heteroatoms. The second-order valence-corrected chi connectivity index (χ2v) is 5.21. The van der Waals surface area contributed by atoms with E-state index in [2.05, 4.69) is 25.5 Å². The number of carbonyl (C=O) groups excluding carboxylic acids is 1. The molecule has 2 aromatic heterocycles. The molecule has 5 nitrogen and oxygen atoms in total. The summed E-state index contributed by atoms with van der Waals surface area (Å²) in [6, 6.07) is 3.45. The van der Waals surface area contributed by atoms with Crippen LogP contribution in [0.25, 0.3) is 6.08 Å². The van der Waals surface area contributed by atoms with Crippen molar-refractivity contribution in [3.63, 3.8) is 0 Å². The lowest BCUT2D eigenvalue weighted by atomic mass is 10.4. The van der Waals surface area contributed by atoms with Crippen LogP contribution in [0.15, 0.2) is 27.3 Å². The van der Waals surface area contributed by atoms with E-state index >= 15 is 0 Å². The number of hydrogen-bond donors (Lipinski definition) is 0. The van der Waals surface area contributed by atoms with Gasteiger partial charge in [-0.2, -0.15) is 0 Å². The molecule has 0 N–H and O–H groups in total. The van der Waals surface area contributed by atoms with E-state index in [1.807, 2.05) is 0 Å². The summed E-state index contributed by atoms with van der Waals surface area (Å²) in [6.45, 7) is 0.000353. The van der Waals surface area contributed by atoms with E-state index in [0.29, 0.717) is 20.5 Å². The molecule has 2 aromatic rings. The Bertz CT molecular complexity index is 581. The lowest BCUT2D eigenvalue weighted by Gasteiger charge is -1.97. The highest BCUT2D eigenvalue weighted by atomic mass is 79.9. The van der Waals surface area contributed by atoms with E-state index in [0.717, 1.165) is 11.5 Å². The quantitative estimate of drug-likeness (QED) is 0.626. The fourth-order valence-corrected chi connectivity index (χ4v) is 1.96. The number of esters is 1. The average molecular weight is 350 g/mol. The molecule has 0 aliphatic heterocycles. The molecule has 0 saturated carbocycles. The lowest BCUT2D eigenvalue weighted by Crippen LogP contribution is -2.01. The van der Waals surface area contributed by atoms with Crippen LogP contribution in [0.5, 0.6) is 0 Å². The summed E-state index contributed by atoms with van der Waals surface area (Å²) < 4.78 is 14.8. The van der Waals surface area contributed by atoms with Crippen molar-refractivity contribution in [1.29, 1.82) is 0 Å². The predicted octanol–water partition coefficient (Wildman–Crippen LogP) is 3.30. The zero-order valence-electron chi connectivity index (χ0n) is 8.80. The van der Waals surface area contributed by atoms with Gasteiger partial charge in [0.05, 0.1) is 0 Å². The third-order valence-electron chi connectivity index (χ3n) is 1.84. The van der Waals surface area contributed by atoms with Crippen LogP contribution in [0.4, 0.5) is 0 Å². The van der Waals surface area contributed by atoms with Crippen molar-refractivity contribution in [3.05, 3.63) is 38.7 Å². The number of furan rings is 1. The molecule has 0 aromatic carbocycles. The number of ether oxygens (including phenoxy) is 1. The Morgan fingerprint density at radius 2 is 2.44 bits per heavy atom. The molecule has 0 atom stereocenters. The normalized spacial score (nSPS) is 11.0. The fourth-order valence-electron chi connectivity index (χ4n) is 1.04. The van der Waals surface area contributed by atoms with Gasteiger partial charge in [-0.15, -0.1) is 5.10 Å². The summed E-state index contributed by atoms with van der Waals surface area (Å²) in [7, 11) is 0. The third kappa shape index (κ3) is 3.66. The monoisotopic (exact) mass is 348 g/mol. The van der Waals surface area contributed by atoms with Crippen LogP contribution in [0.3, 0.4) is 0 Å². The van der Waals surface area contributed by atoms with Gasteiger partial charge in [-0.05, 0) is 34.1 Å². The van der Waals surface area contributed by atoms with Crippen molar-refractivity contribution < 1.29 is 13.9 Å². The Morgan fingerprint density at radius 1 is 1.61 bits per heavy atom. The van der Waals surface area contributed by atoms with E-state index in [9.17, 15) is 4.79 Å². The first-order valence-electron chi connectivity index (χ1n) is 4.72. The third-order valence-corrected chi connectivity index (χ3v) is 3.25. The second-order valence-electron chi connectivity index (χ2n) is 3.08. The highest BCUT2D eigenvalue weighted by Gasteiger charge is 2.07. The summed E-state index contributed by atoms with van der Waals surface area (Å²) in [5.74, 6) is 0.0405. The van der Waals surface area contributed by atoms with Gasteiger partial charge in [-0.1, -0.05) is 16.1 Å². The Hall–Kier alpha value is -1.18. The van der Waals surface area contributed by atoms with Crippen molar-refractivity contribution in [3.8, 4) is 0 Å². The minimum atomic E-state index is -0.508. The van der Waals surface area contributed by atoms with Gasteiger partial charge >= 0.3 is 5.97 Å².